The third kappa shape index (κ3) is 3.28. The molecule has 25 heavy (non-hydrogen) atoms. The zero-order valence-corrected chi connectivity index (χ0v) is 15.1. The average molecular weight is 359 g/mol. The number of nitrogens with two attached hydrogens (primary N) is 1. The van der Waals surface area contributed by atoms with Crippen LogP contribution >= 0.6 is 11.6 Å². The normalized spacial score (nSPS) is 26.6. The second-order valence-electron chi connectivity index (χ2n) is 7.61. The predicted octanol–water partition coefficient (Wildman–Crippen LogP) is 5.15. The van der Waals surface area contributed by atoms with Crippen molar-refractivity contribution < 1.29 is 4.39 Å². The molecule has 2 bridgehead atoms. The Labute approximate surface area is 153 Å². The third-order valence-corrected chi connectivity index (χ3v) is 6.34. The second kappa shape index (κ2) is 6.62. The minimum absolute atomic E-state index is 0.198. The van der Waals surface area contributed by atoms with E-state index in [9.17, 15) is 4.39 Å². The molecular formula is C21H24ClFN2. The number of hydrogen-bond acceptors (Lipinski definition) is 2. The highest BCUT2D eigenvalue weighted by atomic mass is 35.5. The Morgan fingerprint density at radius 3 is 2.88 bits per heavy atom. The van der Waals surface area contributed by atoms with E-state index in [2.05, 4.69) is 23.1 Å². The van der Waals surface area contributed by atoms with Crippen LogP contribution in [0.3, 0.4) is 0 Å². The lowest BCUT2D eigenvalue weighted by Crippen LogP contribution is -2.51. The van der Waals surface area contributed by atoms with Crippen molar-refractivity contribution in [2.75, 3.05) is 12.3 Å². The fourth-order valence-electron chi connectivity index (χ4n) is 4.76. The van der Waals surface area contributed by atoms with Gasteiger partial charge in [-0.25, -0.2) is 4.39 Å². The molecule has 1 heterocycles. The molecule has 1 aliphatic carbocycles. The van der Waals surface area contributed by atoms with Crippen LogP contribution in [-0.4, -0.2) is 17.5 Å². The summed E-state index contributed by atoms with van der Waals surface area (Å²) in [5.41, 5.74) is 9.24. The fourth-order valence-corrected chi connectivity index (χ4v) is 4.92. The molecule has 1 saturated heterocycles. The Morgan fingerprint density at radius 1 is 1.20 bits per heavy atom. The minimum Gasteiger partial charge on any atom is -0.399 e. The van der Waals surface area contributed by atoms with Crippen molar-refractivity contribution in [1.82, 2.24) is 4.90 Å². The topological polar surface area (TPSA) is 29.3 Å². The molecule has 4 heteroatoms. The molecule has 1 saturated carbocycles. The molecule has 2 N–H and O–H groups in total. The lowest BCUT2D eigenvalue weighted by molar-refractivity contribution is 0.0452. The summed E-state index contributed by atoms with van der Waals surface area (Å²) in [5.74, 6) is -0.198. The summed E-state index contributed by atoms with van der Waals surface area (Å²) < 4.78 is 14.2. The van der Waals surface area contributed by atoms with Crippen LogP contribution in [0.4, 0.5) is 10.1 Å². The number of hydrogen-bond donors (Lipinski definition) is 1. The summed E-state index contributed by atoms with van der Waals surface area (Å²) >= 11 is 5.88. The smallest absolute Gasteiger partial charge is 0.129 e. The molecule has 0 aromatic heterocycles. The molecule has 2 fully saturated rings. The molecular weight excluding hydrogens is 335 g/mol. The van der Waals surface area contributed by atoms with Crippen LogP contribution in [0.25, 0.3) is 0 Å². The summed E-state index contributed by atoms with van der Waals surface area (Å²) in [7, 11) is 0. The molecule has 0 amide bonds. The van der Waals surface area contributed by atoms with Gasteiger partial charge < -0.3 is 5.73 Å². The first-order valence-electron chi connectivity index (χ1n) is 9.10. The van der Waals surface area contributed by atoms with Gasteiger partial charge in [-0.2, -0.15) is 0 Å². The predicted molar refractivity (Wildman–Crippen MR) is 101 cm³/mol. The Hall–Kier alpha value is -1.58. The van der Waals surface area contributed by atoms with E-state index in [1.54, 1.807) is 6.07 Å². The fraction of sp³-hybridized carbons (Fsp3) is 0.429. The average Bonchev–Trinajstić information content (AvgIpc) is 2.60. The van der Waals surface area contributed by atoms with Crippen LogP contribution in [0, 0.1) is 5.82 Å². The molecule has 0 spiro atoms. The molecule has 1 aliphatic heterocycles. The molecule has 132 valence electrons. The number of piperidine rings is 1. The summed E-state index contributed by atoms with van der Waals surface area (Å²) in [6.07, 6.45) is 5.91. The maximum absolute atomic E-state index is 14.2. The van der Waals surface area contributed by atoms with Crippen LogP contribution in [-0.2, 0) is 12.0 Å². The summed E-state index contributed by atoms with van der Waals surface area (Å²) in [6, 6.07) is 13.9. The van der Waals surface area contributed by atoms with Gasteiger partial charge in [-0.1, -0.05) is 36.2 Å². The van der Waals surface area contributed by atoms with Gasteiger partial charge in [-0.05, 0) is 67.5 Å². The van der Waals surface area contributed by atoms with E-state index in [4.69, 9.17) is 17.3 Å². The van der Waals surface area contributed by atoms with Gasteiger partial charge in [0, 0.05) is 28.9 Å². The summed E-state index contributed by atoms with van der Waals surface area (Å²) in [5, 5.41) is 0.457. The molecule has 2 aliphatic rings. The van der Waals surface area contributed by atoms with Crippen molar-refractivity contribution >= 4 is 17.3 Å². The molecule has 2 nitrogen and oxygen atoms in total. The van der Waals surface area contributed by atoms with Gasteiger partial charge in [-0.15, -0.1) is 0 Å². The lowest BCUT2D eigenvalue weighted by atomic mass is 9.63. The van der Waals surface area contributed by atoms with Crippen molar-refractivity contribution in [3.05, 3.63) is 64.4 Å². The van der Waals surface area contributed by atoms with E-state index in [-0.39, 0.29) is 11.2 Å². The van der Waals surface area contributed by atoms with E-state index < -0.39 is 0 Å². The Balaban J connectivity index is 1.54. The molecule has 0 radical (unpaired) electrons. The van der Waals surface area contributed by atoms with Crippen molar-refractivity contribution in [2.45, 2.75) is 50.1 Å². The largest absolute Gasteiger partial charge is 0.399 e. The van der Waals surface area contributed by atoms with Crippen molar-refractivity contribution in [2.24, 2.45) is 0 Å². The van der Waals surface area contributed by atoms with E-state index in [0.29, 0.717) is 17.6 Å². The van der Waals surface area contributed by atoms with Gasteiger partial charge in [0.1, 0.15) is 5.82 Å². The highest BCUT2D eigenvalue weighted by molar-refractivity contribution is 6.30. The second-order valence-corrected chi connectivity index (χ2v) is 8.05. The molecule has 2 aromatic carbocycles. The number of likely N-dealkylation sites (tertiary alicyclic amines) is 1. The SMILES string of the molecule is Nc1cccc(C23CCCC(C2)N(Cc2ccc(Cl)cc2F)CC3)c1. The number of fused-ring (bicyclic) bond motifs is 2. The zero-order valence-electron chi connectivity index (χ0n) is 14.3. The monoisotopic (exact) mass is 358 g/mol. The Morgan fingerprint density at radius 2 is 2.08 bits per heavy atom. The van der Waals surface area contributed by atoms with E-state index in [1.165, 1.54) is 30.9 Å². The number of nitrogen functional groups attached to an aromatic ring is 1. The zero-order chi connectivity index (χ0) is 17.4. The summed E-state index contributed by atoms with van der Waals surface area (Å²) in [6.45, 7) is 1.67. The standard InChI is InChI=1S/C21H24ClFN2/c22-17-7-6-15(20(23)12-17)14-25-10-9-21(8-2-5-19(25)13-21)16-3-1-4-18(24)11-16/h1,3-4,6-7,11-12,19H,2,5,8-10,13-14,24H2. The molecule has 2 unspecified atom stereocenters. The maximum Gasteiger partial charge on any atom is 0.129 e. The van der Waals surface area contributed by atoms with Gasteiger partial charge in [0.2, 0.25) is 0 Å². The first kappa shape index (κ1) is 16.9. The number of benzene rings is 2. The molecule has 2 atom stereocenters. The van der Waals surface area contributed by atoms with Crippen LogP contribution in [0.1, 0.15) is 43.2 Å². The van der Waals surface area contributed by atoms with Crippen LogP contribution < -0.4 is 5.73 Å². The number of rotatable bonds is 3. The van der Waals surface area contributed by atoms with Crippen LogP contribution in [0.2, 0.25) is 5.02 Å². The van der Waals surface area contributed by atoms with E-state index in [1.807, 2.05) is 12.1 Å². The van der Waals surface area contributed by atoms with E-state index in [0.717, 1.165) is 30.6 Å². The Bertz CT molecular complexity index is 778. The highest BCUT2D eigenvalue weighted by Gasteiger charge is 2.43. The van der Waals surface area contributed by atoms with Gasteiger partial charge in [0.05, 0.1) is 0 Å². The number of anilines is 1. The van der Waals surface area contributed by atoms with Crippen LogP contribution in [0.5, 0.6) is 0 Å². The van der Waals surface area contributed by atoms with Crippen molar-refractivity contribution in [3.8, 4) is 0 Å². The lowest BCUT2D eigenvalue weighted by Gasteiger charge is -2.51. The highest BCUT2D eigenvalue weighted by Crippen LogP contribution is 2.47. The first-order valence-corrected chi connectivity index (χ1v) is 9.48. The third-order valence-electron chi connectivity index (χ3n) is 6.10. The molecule has 2 aromatic rings. The molecule has 4 rings (SSSR count). The van der Waals surface area contributed by atoms with E-state index >= 15 is 0 Å². The van der Waals surface area contributed by atoms with Crippen molar-refractivity contribution in [3.63, 3.8) is 0 Å². The minimum atomic E-state index is -0.198. The number of nitrogens with zero attached hydrogens (tertiary/aromatic N) is 1. The maximum atomic E-state index is 14.2. The van der Waals surface area contributed by atoms with Gasteiger partial charge >= 0.3 is 0 Å². The van der Waals surface area contributed by atoms with Gasteiger partial charge in [0.25, 0.3) is 0 Å². The van der Waals surface area contributed by atoms with Gasteiger partial charge in [-0.3, -0.25) is 4.90 Å². The van der Waals surface area contributed by atoms with Gasteiger partial charge in [0.15, 0.2) is 0 Å². The first-order chi connectivity index (χ1) is 12.1. The number of halogens is 2. The van der Waals surface area contributed by atoms with Crippen LogP contribution in [0.15, 0.2) is 42.5 Å². The summed E-state index contributed by atoms with van der Waals surface area (Å²) in [4.78, 5) is 2.45. The Kier molecular flexibility index (Phi) is 4.47. The quantitative estimate of drug-likeness (QED) is 0.769. The van der Waals surface area contributed by atoms with Crippen molar-refractivity contribution in [1.29, 1.82) is 0 Å².